The average Bonchev–Trinajstić information content (AvgIpc) is 3.31. The monoisotopic (exact) mass is 349 g/mol. The Morgan fingerprint density at radius 1 is 1.14 bits per heavy atom. The molecule has 1 saturated carbocycles. The smallest absolute Gasteiger partial charge is 0.137 e. The number of hydrogen-bond donors (Lipinski definition) is 1. The Hall–Kier alpha value is -1.39. The molecule has 0 aliphatic heterocycles. The van der Waals surface area contributed by atoms with Gasteiger partial charge in [-0.25, -0.2) is 4.39 Å². The zero-order valence-electron chi connectivity index (χ0n) is 11.6. The van der Waals surface area contributed by atoms with Gasteiger partial charge in [0.1, 0.15) is 18.2 Å². The van der Waals surface area contributed by atoms with Crippen LogP contribution < -0.4 is 10.1 Å². The van der Waals surface area contributed by atoms with Gasteiger partial charge in [0.05, 0.1) is 4.47 Å². The summed E-state index contributed by atoms with van der Waals surface area (Å²) in [6.45, 7) is 1.36. The summed E-state index contributed by atoms with van der Waals surface area (Å²) < 4.78 is 19.4. The highest BCUT2D eigenvalue weighted by Gasteiger charge is 2.20. The second kappa shape index (κ2) is 6.58. The quantitative estimate of drug-likeness (QED) is 0.833. The van der Waals surface area contributed by atoms with Gasteiger partial charge in [0, 0.05) is 12.6 Å². The molecule has 2 aromatic carbocycles. The molecule has 2 nitrogen and oxygen atoms in total. The van der Waals surface area contributed by atoms with Gasteiger partial charge in [-0.15, -0.1) is 0 Å². The van der Waals surface area contributed by atoms with Crippen molar-refractivity contribution in [2.45, 2.75) is 32.0 Å². The number of nitrogens with one attached hydrogen (secondary N) is 1. The minimum Gasteiger partial charge on any atom is -0.489 e. The molecular weight excluding hydrogens is 333 g/mol. The first-order valence-electron chi connectivity index (χ1n) is 7.10. The molecule has 0 heterocycles. The fourth-order valence-electron chi connectivity index (χ4n) is 2.14. The molecule has 2 aromatic rings. The molecule has 4 heteroatoms. The van der Waals surface area contributed by atoms with Gasteiger partial charge in [-0.2, -0.15) is 0 Å². The lowest BCUT2D eigenvalue weighted by Crippen LogP contribution is -2.16. The molecule has 3 rings (SSSR count). The molecular formula is C17H17BrFNO. The number of benzene rings is 2. The van der Waals surface area contributed by atoms with Crippen LogP contribution in [-0.4, -0.2) is 6.04 Å². The average molecular weight is 350 g/mol. The van der Waals surface area contributed by atoms with E-state index in [2.05, 4.69) is 33.4 Å². The van der Waals surface area contributed by atoms with Gasteiger partial charge in [-0.05, 0) is 58.1 Å². The molecule has 0 aromatic heterocycles. The summed E-state index contributed by atoms with van der Waals surface area (Å²) in [4.78, 5) is 0. The predicted molar refractivity (Wildman–Crippen MR) is 84.7 cm³/mol. The Kier molecular flexibility index (Phi) is 4.56. The second-order valence-electron chi connectivity index (χ2n) is 5.29. The van der Waals surface area contributed by atoms with Crippen LogP contribution in [0.1, 0.15) is 24.0 Å². The van der Waals surface area contributed by atoms with Crippen molar-refractivity contribution in [1.29, 1.82) is 0 Å². The molecule has 0 unspecified atom stereocenters. The lowest BCUT2D eigenvalue weighted by molar-refractivity contribution is 0.304. The Labute approximate surface area is 132 Å². The van der Waals surface area contributed by atoms with Gasteiger partial charge in [0.2, 0.25) is 0 Å². The van der Waals surface area contributed by atoms with E-state index in [9.17, 15) is 4.39 Å². The Balaban J connectivity index is 1.64. The van der Waals surface area contributed by atoms with Crippen LogP contribution in [0.4, 0.5) is 4.39 Å². The van der Waals surface area contributed by atoms with Crippen molar-refractivity contribution in [2.75, 3.05) is 0 Å². The molecule has 0 atom stereocenters. The van der Waals surface area contributed by atoms with Crippen molar-refractivity contribution < 1.29 is 9.13 Å². The lowest BCUT2D eigenvalue weighted by Gasteiger charge is -2.12. The van der Waals surface area contributed by atoms with E-state index in [1.807, 2.05) is 12.1 Å². The van der Waals surface area contributed by atoms with Crippen LogP contribution in [-0.2, 0) is 13.2 Å². The Morgan fingerprint density at radius 2 is 1.90 bits per heavy atom. The summed E-state index contributed by atoms with van der Waals surface area (Å²) in [7, 11) is 0. The van der Waals surface area contributed by atoms with E-state index >= 15 is 0 Å². The van der Waals surface area contributed by atoms with E-state index in [1.54, 1.807) is 12.1 Å². The first-order chi connectivity index (χ1) is 10.2. The molecule has 0 radical (unpaired) electrons. The fourth-order valence-corrected chi connectivity index (χ4v) is 2.50. The summed E-state index contributed by atoms with van der Waals surface area (Å²) in [5.74, 6) is 0.379. The minimum absolute atomic E-state index is 0.281. The molecule has 1 aliphatic rings. The molecule has 0 amide bonds. The third-order valence-corrected chi connectivity index (χ3v) is 4.17. The van der Waals surface area contributed by atoms with Crippen LogP contribution in [0.2, 0.25) is 0 Å². The van der Waals surface area contributed by atoms with E-state index in [1.165, 1.54) is 24.5 Å². The SMILES string of the molecule is Fc1ccc(OCc2ccccc2CNC2CC2)cc1Br. The Bertz CT molecular complexity index is 628. The standard InChI is InChI=1S/C17H17BrFNO/c18-16-9-15(7-8-17(16)19)21-11-13-4-2-1-3-12(13)10-20-14-5-6-14/h1-4,7-9,14,20H,5-6,10-11H2. The summed E-state index contributed by atoms with van der Waals surface area (Å²) in [5, 5.41) is 3.52. The van der Waals surface area contributed by atoms with Gasteiger partial charge in [0.25, 0.3) is 0 Å². The van der Waals surface area contributed by atoms with Crippen molar-refractivity contribution in [1.82, 2.24) is 5.32 Å². The summed E-state index contributed by atoms with van der Waals surface area (Å²) in [6.07, 6.45) is 2.56. The number of rotatable bonds is 6. The second-order valence-corrected chi connectivity index (χ2v) is 6.14. The molecule has 1 N–H and O–H groups in total. The summed E-state index contributed by atoms with van der Waals surface area (Å²) >= 11 is 3.17. The first kappa shape index (κ1) is 14.5. The normalized spacial score (nSPS) is 14.2. The molecule has 1 aliphatic carbocycles. The maximum absolute atomic E-state index is 13.2. The van der Waals surface area contributed by atoms with Crippen molar-refractivity contribution in [2.24, 2.45) is 0 Å². The van der Waals surface area contributed by atoms with Crippen molar-refractivity contribution in [3.8, 4) is 5.75 Å². The number of ether oxygens (including phenoxy) is 1. The first-order valence-corrected chi connectivity index (χ1v) is 7.89. The van der Waals surface area contributed by atoms with Crippen LogP contribution in [0.25, 0.3) is 0 Å². The molecule has 0 bridgehead atoms. The number of halogens is 2. The maximum Gasteiger partial charge on any atom is 0.137 e. The molecule has 0 saturated heterocycles. The van der Waals surface area contributed by atoms with Gasteiger partial charge in [-0.3, -0.25) is 0 Å². The minimum atomic E-state index is -0.281. The van der Waals surface area contributed by atoms with Gasteiger partial charge in [0.15, 0.2) is 0 Å². The third kappa shape index (κ3) is 4.05. The highest BCUT2D eigenvalue weighted by molar-refractivity contribution is 9.10. The molecule has 1 fully saturated rings. The van der Waals surface area contributed by atoms with Gasteiger partial charge in [-0.1, -0.05) is 24.3 Å². The molecule has 21 heavy (non-hydrogen) atoms. The zero-order valence-corrected chi connectivity index (χ0v) is 13.2. The van der Waals surface area contributed by atoms with E-state index in [-0.39, 0.29) is 5.82 Å². The third-order valence-electron chi connectivity index (χ3n) is 3.56. The largest absolute Gasteiger partial charge is 0.489 e. The fraction of sp³-hybridized carbons (Fsp3) is 0.294. The van der Waals surface area contributed by atoms with E-state index < -0.39 is 0 Å². The number of hydrogen-bond acceptors (Lipinski definition) is 2. The van der Waals surface area contributed by atoms with Crippen LogP contribution in [0.15, 0.2) is 46.9 Å². The topological polar surface area (TPSA) is 21.3 Å². The van der Waals surface area contributed by atoms with Crippen molar-refractivity contribution in [3.05, 3.63) is 63.9 Å². The van der Waals surface area contributed by atoms with Crippen molar-refractivity contribution >= 4 is 15.9 Å². The highest BCUT2D eigenvalue weighted by Crippen LogP contribution is 2.23. The van der Waals surface area contributed by atoms with Crippen LogP contribution in [0.3, 0.4) is 0 Å². The van der Waals surface area contributed by atoms with Crippen molar-refractivity contribution in [3.63, 3.8) is 0 Å². The predicted octanol–water partition coefficient (Wildman–Crippen LogP) is 4.42. The lowest BCUT2D eigenvalue weighted by atomic mass is 10.1. The van der Waals surface area contributed by atoms with Gasteiger partial charge < -0.3 is 10.1 Å². The van der Waals surface area contributed by atoms with Crippen LogP contribution >= 0.6 is 15.9 Å². The summed E-state index contributed by atoms with van der Waals surface area (Å²) in [6, 6.07) is 13.6. The summed E-state index contributed by atoms with van der Waals surface area (Å²) in [5.41, 5.74) is 2.41. The maximum atomic E-state index is 13.2. The highest BCUT2D eigenvalue weighted by atomic mass is 79.9. The van der Waals surface area contributed by atoms with Crippen LogP contribution in [0, 0.1) is 5.82 Å². The Morgan fingerprint density at radius 3 is 2.62 bits per heavy atom. The molecule has 110 valence electrons. The van der Waals surface area contributed by atoms with E-state index in [0.29, 0.717) is 22.9 Å². The van der Waals surface area contributed by atoms with E-state index in [0.717, 1.165) is 12.1 Å². The molecule has 0 spiro atoms. The van der Waals surface area contributed by atoms with E-state index in [4.69, 9.17) is 4.74 Å². The van der Waals surface area contributed by atoms with Gasteiger partial charge >= 0.3 is 0 Å². The van der Waals surface area contributed by atoms with Crippen LogP contribution in [0.5, 0.6) is 5.75 Å². The zero-order chi connectivity index (χ0) is 14.7.